The summed E-state index contributed by atoms with van der Waals surface area (Å²) in [5, 5.41) is 1.50. The Morgan fingerprint density at radius 3 is 2.31 bits per heavy atom. The van der Waals surface area contributed by atoms with Crippen molar-refractivity contribution in [2.45, 2.75) is 17.9 Å². The van der Waals surface area contributed by atoms with Crippen LogP contribution in [0.25, 0.3) is 10.9 Å². The lowest BCUT2D eigenvalue weighted by molar-refractivity contribution is 0.601. The van der Waals surface area contributed by atoms with Crippen molar-refractivity contribution in [3.8, 4) is 0 Å². The van der Waals surface area contributed by atoms with Crippen molar-refractivity contribution in [2.24, 2.45) is 0 Å². The smallest absolute Gasteiger partial charge is 0.261 e. The highest BCUT2D eigenvalue weighted by molar-refractivity contribution is 7.92. The predicted molar refractivity (Wildman–Crippen MR) is 119 cm³/mol. The van der Waals surface area contributed by atoms with Crippen LogP contribution < -0.4 is 4.72 Å². The fourth-order valence-corrected chi connectivity index (χ4v) is 5.03. The molecule has 0 radical (unpaired) electrons. The molecule has 0 aliphatic heterocycles. The van der Waals surface area contributed by atoms with Gasteiger partial charge in [-0.25, -0.2) is 8.42 Å². The van der Waals surface area contributed by atoms with Crippen LogP contribution in [0.5, 0.6) is 0 Å². The van der Waals surface area contributed by atoms with Crippen LogP contribution in [0, 0.1) is 0 Å². The summed E-state index contributed by atoms with van der Waals surface area (Å²) in [4.78, 5) is 0.0236. The van der Waals surface area contributed by atoms with E-state index in [-0.39, 0.29) is 14.9 Å². The van der Waals surface area contributed by atoms with Gasteiger partial charge < -0.3 is 4.57 Å². The van der Waals surface area contributed by atoms with Gasteiger partial charge in [0.05, 0.1) is 4.90 Å². The molecule has 0 aliphatic carbocycles. The third kappa shape index (κ3) is 4.58. The maximum atomic E-state index is 12.7. The number of fused-ring (bicyclic) bond motifs is 1. The van der Waals surface area contributed by atoms with Gasteiger partial charge in [0.2, 0.25) is 0 Å². The minimum atomic E-state index is -3.79. The number of rotatable bonds is 6. The molecule has 148 valence electrons. The minimum absolute atomic E-state index is 0.0236. The molecule has 0 amide bonds. The zero-order valence-electron chi connectivity index (χ0n) is 15.3. The predicted octanol–water partition coefficient (Wildman–Crippen LogP) is 5.99. The van der Waals surface area contributed by atoms with Gasteiger partial charge in [0, 0.05) is 39.4 Å². The van der Waals surface area contributed by atoms with E-state index in [4.69, 9.17) is 23.2 Å². The summed E-state index contributed by atoms with van der Waals surface area (Å²) in [5.74, 6) is 0. The first-order chi connectivity index (χ1) is 13.9. The Labute approximate surface area is 179 Å². The van der Waals surface area contributed by atoms with E-state index in [1.54, 1.807) is 6.07 Å². The SMILES string of the molecule is O=S(=O)(Nc1ccc2c(ccn2CCc2ccccc2)c1)c1cc(Cl)cc(Cl)c1. The lowest BCUT2D eigenvalue weighted by atomic mass is 10.1. The van der Waals surface area contributed by atoms with E-state index in [1.807, 2.05) is 42.6 Å². The van der Waals surface area contributed by atoms with E-state index in [0.717, 1.165) is 23.9 Å². The van der Waals surface area contributed by atoms with E-state index >= 15 is 0 Å². The van der Waals surface area contributed by atoms with Crippen LogP contribution in [0.2, 0.25) is 10.0 Å². The van der Waals surface area contributed by atoms with Crippen molar-refractivity contribution < 1.29 is 8.42 Å². The van der Waals surface area contributed by atoms with E-state index in [2.05, 4.69) is 21.4 Å². The lowest BCUT2D eigenvalue weighted by Crippen LogP contribution is -2.13. The summed E-state index contributed by atoms with van der Waals surface area (Å²) in [7, 11) is -3.79. The van der Waals surface area contributed by atoms with Gasteiger partial charge in [-0.2, -0.15) is 0 Å². The topological polar surface area (TPSA) is 51.1 Å². The third-order valence-electron chi connectivity index (χ3n) is 4.65. The molecule has 1 aromatic heterocycles. The van der Waals surface area contributed by atoms with Gasteiger partial charge >= 0.3 is 0 Å². The summed E-state index contributed by atoms with van der Waals surface area (Å²) in [5.41, 5.74) is 2.81. The molecule has 0 bridgehead atoms. The molecule has 1 heterocycles. The second-order valence-corrected chi connectivity index (χ2v) is 9.28. The summed E-state index contributed by atoms with van der Waals surface area (Å²) >= 11 is 11.9. The summed E-state index contributed by atoms with van der Waals surface area (Å²) < 4.78 is 30.1. The summed E-state index contributed by atoms with van der Waals surface area (Å²) in [6, 6.07) is 22.0. The van der Waals surface area contributed by atoms with Gasteiger partial charge in [-0.3, -0.25) is 4.72 Å². The Morgan fingerprint density at radius 1 is 0.862 bits per heavy atom. The Balaban J connectivity index is 1.55. The molecule has 0 spiro atoms. The number of hydrogen-bond donors (Lipinski definition) is 1. The van der Waals surface area contributed by atoms with E-state index in [9.17, 15) is 8.42 Å². The van der Waals surface area contributed by atoms with Crippen LogP contribution in [0.15, 0.2) is 83.9 Å². The number of hydrogen-bond acceptors (Lipinski definition) is 2. The second-order valence-electron chi connectivity index (χ2n) is 6.73. The number of benzene rings is 3. The van der Waals surface area contributed by atoms with Gasteiger partial charge in [-0.1, -0.05) is 53.5 Å². The quantitative estimate of drug-likeness (QED) is 0.396. The molecule has 0 atom stereocenters. The Bertz CT molecular complexity index is 1250. The van der Waals surface area contributed by atoms with Crippen molar-refractivity contribution in [3.05, 3.63) is 94.6 Å². The second kappa shape index (κ2) is 8.11. The average Bonchev–Trinajstić information content (AvgIpc) is 3.08. The van der Waals surface area contributed by atoms with Crippen molar-refractivity contribution >= 4 is 49.8 Å². The summed E-state index contributed by atoms with van der Waals surface area (Å²) in [6.07, 6.45) is 2.94. The molecule has 0 saturated carbocycles. The molecule has 4 rings (SSSR count). The number of aromatic nitrogens is 1. The summed E-state index contributed by atoms with van der Waals surface area (Å²) in [6.45, 7) is 0.847. The highest BCUT2D eigenvalue weighted by atomic mass is 35.5. The standard InChI is InChI=1S/C22H18Cl2N2O2S/c23-18-13-19(24)15-21(14-18)29(27,28)25-20-6-7-22-17(12-20)9-11-26(22)10-8-16-4-2-1-3-5-16/h1-7,9,11-15,25H,8,10H2. The van der Waals surface area contributed by atoms with Gasteiger partial charge in [-0.15, -0.1) is 0 Å². The van der Waals surface area contributed by atoms with Crippen LogP contribution in [0.3, 0.4) is 0 Å². The maximum Gasteiger partial charge on any atom is 0.261 e. The van der Waals surface area contributed by atoms with Crippen LogP contribution in [0.1, 0.15) is 5.56 Å². The molecule has 0 unspecified atom stereocenters. The van der Waals surface area contributed by atoms with Crippen molar-refractivity contribution in [1.29, 1.82) is 0 Å². The molecule has 0 fully saturated rings. The first kappa shape index (κ1) is 19.8. The number of anilines is 1. The molecule has 1 N–H and O–H groups in total. The number of nitrogens with one attached hydrogen (secondary N) is 1. The monoisotopic (exact) mass is 444 g/mol. The number of sulfonamides is 1. The Morgan fingerprint density at radius 2 is 1.59 bits per heavy atom. The molecule has 0 saturated heterocycles. The highest BCUT2D eigenvalue weighted by Crippen LogP contribution is 2.26. The van der Waals surface area contributed by atoms with Crippen molar-refractivity contribution in [2.75, 3.05) is 4.72 Å². The van der Waals surface area contributed by atoms with Crippen molar-refractivity contribution in [3.63, 3.8) is 0 Å². The zero-order chi connectivity index (χ0) is 20.4. The fourth-order valence-electron chi connectivity index (χ4n) is 3.25. The first-order valence-electron chi connectivity index (χ1n) is 9.02. The number of aryl methyl sites for hydroxylation is 2. The van der Waals surface area contributed by atoms with E-state index in [0.29, 0.717) is 5.69 Å². The van der Waals surface area contributed by atoms with Crippen LogP contribution in [0.4, 0.5) is 5.69 Å². The lowest BCUT2D eigenvalue weighted by Gasteiger charge is -2.10. The largest absolute Gasteiger partial charge is 0.347 e. The molecule has 0 aliphatic rings. The van der Waals surface area contributed by atoms with Crippen LogP contribution in [-0.4, -0.2) is 13.0 Å². The maximum absolute atomic E-state index is 12.7. The Kier molecular flexibility index (Phi) is 5.54. The molecule has 4 aromatic rings. The van der Waals surface area contributed by atoms with Crippen LogP contribution >= 0.6 is 23.2 Å². The van der Waals surface area contributed by atoms with Gasteiger partial charge in [0.25, 0.3) is 10.0 Å². The normalized spacial score (nSPS) is 11.7. The zero-order valence-corrected chi connectivity index (χ0v) is 17.7. The molecule has 3 aromatic carbocycles. The average molecular weight is 445 g/mol. The van der Waals surface area contributed by atoms with Gasteiger partial charge in [0.1, 0.15) is 0 Å². The van der Waals surface area contributed by atoms with Crippen molar-refractivity contribution in [1.82, 2.24) is 4.57 Å². The Hall–Kier alpha value is -2.47. The number of nitrogens with zero attached hydrogens (tertiary/aromatic N) is 1. The molecule has 7 heteroatoms. The van der Waals surface area contributed by atoms with Gasteiger partial charge in [-0.05, 0) is 54.4 Å². The van der Waals surface area contributed by atoms with E-state index < -0.39 is 10.0 Å². The van der Waals surface area contributed by atoms with E-state index in [1.165, 1.54) is 23.8 Å². The number of halogens is 2. The van der Waals surface area contributed by atoms with Gasteiger partial charge in [0.15, 0.2) is 0 Å². The molecular formula is C22H18Cl2N2O2S. The fraction of sp³-hybridized carbons (Fsp3) is 0.0909. The highest BCUT2D eigenvalue weighted by Gasteiger charge is 2.16. The molecule has 29 heavy (non-hydrogen) atoms. The first-order valence-corrected chi connectivity index (χ1v) is 11.3. The molecular weight excluding hydrogens is 427 g/mol. The molecule has 4 nitrogen and oxygen atoms in total. The van der Waals surface area contributed by atoms with Crippen LogP contribution in [-0.2, 0) is 23.0 Å². The third-order valence-corrected chi connectivity index (χ3v) is 6.45. The minimum Gasteiger partial charge on any atom is -0.347 e.